The Morgan fingerprint density at radius 1 is 0.407 bits per heavy atom. The minimum absolute atomic E-state index is 0. The molecular weight excluding hydrogens is 519 g/mol. The predicted molar refractivity (Wildman–Crippen MR) is 53.5 cm³/mol. The number of hydrogen-bond acceptors (Lipinski definition) is 4. The average molecular weight is 523 g/mol. The normalized spacial score (nSPS) is 12.3. The van der Waals surface area contributed by atoms with Crippen LogP contribution in [0.2, 0.25) is 0 Å². The fraction of sp³-hybridized carbons (Fsp3) is 0.600. The molecule has 27 heavy (non-hydrogen) atoms. The molecule has 4 nitrogen and oxygen atoms in total. The van der Waals surface area contributed by atoms with Crippen LogP contribution < -0.4 is 0 Å². The van der Waals surface area contributed by atoms with Gasteiger partial charge in [-0.15, -0.1) is 0 Å². The molecule has 0 heterocycles. The standard InChI is InChI=1S/2C5H2F6O2.Pd/c2*6-4(7,8)2(12)1-3(13)5(9,10)11;/h2*1H2;. The van der Waals surface area contributed by atoms with E-state index in [9.17, 15) is 71.9 Å². The van der Waals surface area contributed by atoms with Crippen molar-refractivity contribution in [1.29, 1.82) is 0 Å². The number of rotatable bonds is 4. The molecule has 0 saturated carbocycles. The monoisotopic (exact) mass is 522 g/mol. The van der Waals surface area contributed by atoms with Gasteiger partial charge in [0.15, 0.2) is 0 Å². The second-order valence-electron chi connectivity index (χ2n) is 4.04. The number of halogens is 12. The molecule has 0 aliphatic rings. The molecule has 0 spiro atoms. The molecule has 162 valence electrons. The molecule has 0 saturated heterocycles. The molecule has 0 N–H and O–H groups in total. The predicted octanol–water partition coefficient (Wildman–Crippen LogP) is 3.28. The topological polar surface area (TPSA) is 68.3 Å². The van der Waals surface area contributed by atoms with E-state index in [4.69, 9.17) is 0 Å². The van der Waals surface area contributed by atoms with Crippen LogP contribution in [0.3, 0.4) is 0 Å². The smallest absolute Gasteiger partial charge is 0.289 e. The molecule has 0 unspecified atom stereocenters. The summed E-state index contributed by atoms with van der Waals surface area (Å²) in [7, 11) is 0. The number of alkyl halides is 12. The number of ketones is 4. The third-order valence-corrected chi connectivity index (χ3v) is 1.91. The van der Waals surface area contributed by atoms with Crippen molar-refractivity contribution in [3.8, 4) is 0 Å². The van der Waals surface area contributed by atoms with Gasteiger partial charge in [0.25, 0.3) is 0 Å². The molecule has 0 fully saturated rings. The summed E-state index contributed by atoms with van der Waals surface area (Å²) < 4.78 is 136. The zero-order valence-electron chi connectivity index (χ0n) is 11.9. The van der Waals surface area contributed by atoms with E-state index in [1.165, 1.54) is 0 Å². The Morgan fingerprint density at radius 2 is 0.519 bits per heavy atom. The van der Waals surface area contributed by atoms with E-state index in [1.807, 2.05) is 0 Å². The third-order valence-electron chi connectivity index (χ3n) is 1.91. The SMILES string of the molecule is O=C(CC(=O)C(F)(F)F)C(F)(F)F.O=C(CC(=O)C(F)(F)F)C(F)(F)F.[Pd]. The molecule has 0 bridgehead atoms. The summed E-state index contributed by atoms with van der Waals surface area (Å²) in [6.07, 6.45) is -26.0. The number of carbonyl (C=O) groups is 4. The molecule has 0 aromatic heterocycles. The summed E-state index contributed by atoms with van der Waals surface area (Å²) in [5.74, 6) is -10.8. The van der Waals surface area contributed by atoms with Crippen molar-refractivity contribution in [1.82, 2.24) is 0 Å². The Balaban J connectivity index is -0.000000411. The van der Waals surface area contributed by atoms with Gasteiger partial charge in [0, 0.05) is 20.4 Å². The van der Waals surface area contributed by atoms with Crippen LogP contribution in [0.15, 0.2) is 0 Å². The molecule has 0 radical (unpaired) electrons. The van der Waals surface area contributed by atoms with Gasteiger partial charge in [0.1, 0.15) is 0 Å². The van der Waals surface area contributed by atoms with Gasteiger partial charge in [-0.3, -0.25) is 19.2 Å². The van der Waals surface area contributed by atoms with Gasteiger partial charge < -0.3 is 0 Å². The summed E-state index contributed by atoms with van der Waals surface area (Å²) >= 11 is 0. The van der Waals surface area contributed by atoms with Crippen molar-refractivity contribution in [2.75, 3.05) is 0 Å². The summed E-state index contributed by atoms with van der Waals surface area (Å²) in [5.41, 5.74) is 0. The third kappa shape index (κ3) is 13.3. The van der Waals surface area contributed by atoms with E-state index in [2.05, 4.69) is 0 Å². The molecular formula is C10H4F12O4Pd. The zero-order chi connectivity index (χ0) is 21.7. The van der Waals surface area contributed by atoms with Crippen LogP contribution in [0.25, 0.3) is 0 Å². The van der Waals surface area contributed by atoms with E-state index >= 15 is 0 Å². The minimum Gasteiger partial charge on any atom is -0.289 e. The second kappa shape index (κ2) is 10.2. The second-order valence-corrected chi connectivity index (χ2v) is 4.04. The molecule has 17 heteroatoms. The van der Waals surface area contributed by atoms with Crippen molar-refractivity contribution in [3.63, 3.8) is 0 Å². The zero-order valence-corrected chi connectivity index (χ0v) is 13.5. The molecule has 0 atom stereocenters. The van der Waals surface area contributed by atoms with E-state index in [-0.39, 0.29) is 20.4 Å². The first-order valence-electron chi connectivity index (χ1n) is 5.50. The maximum Gasteiger partial charge on any atom is 0.450 e. The number of Topliss-reactive ketones (excluding diaryl/α,β-unsaturated/α-hetero) is 4. The summed E-state index contributed by atoms with van der Waals surface area (Å²) in [4.78, 5) is 39.5. The summed E-state index contributed by atoms with van der Waals surface area (Å²) in [5, 5.41) is 0. The fourth-order valence-electron chi connectivity index (χ4n) is 0.693. The first-order valence-corrected chi connectivity index (χ1v) is 5.50. The van der Waals surface area contributed by atoms with Gasteiger partial charge in [-0.2, -0.15) is 52.7 Å². The van der Waals surface area contributed by atoms with Gasteiger partial charge in [0.2, 0.25) is 23.1 Å². The van der Waals surface area contributed by atoms with Crippen LogP contribution in [-0.2, 0) is 39.6 Å². The van der Waals surface area contributed by atoms with E-state index in [0.717, 1.165) is 0 Å². The molecule has 0 aromatic rings. The Bertz CT molecular complexity index is 456. The first-order chi connectivity index (χ1) is 11.1. The Hall–Kier alpha value is -1.50. The van der Waals surface area contributed by atoms with Crippen molar-refractivity contribution < 1.29 is 92.3 Å². The maximum absolute atomic E-state index is 11.3. The van der Waals surface area contributed by atoms with Gasteiger partial charge >= 0.3 is 24.7 Å². The van der Waals surface area contributed by atoms with E-state index in [0.29, 0.717) is 0 Å². The molecule has 0 aliphatic heterocycles. The van der Waals surface area contributed by atoms with Crippen LogP contribution >= 0.6 is 0 Å². The molecule has 0 aromatic carbocycles. The van der Waals surface area contributed by atoms with Gasteiger partial charge in [-0.1, -0.05) is 0 Å². The van der Waals surface area contributed by atoms with Crippen molar-refractivity contribution in [2.45, 2.75) is 37.5 Å². The fourth-order valence-corrected chi connectivity index (χ4v) is 0.693. The van der Waals surface area contributed by atoms with Crippen LogP contribution in [0, 0.1) is 0 Å². The van der Waals surface area contributed by atoms with E-state index < -0.39 is 60.7 Å². The van der Waals surface area contributed by atoms with Crippen molar-refractivity contribution in [2.24, 2.45) is 0 Å². The van der Waals surface area contributed by atoms with Crippen LogP contribution in [0.5, 0.6) is 0 Å². The van der Waals surface area contributed by atoms with Crippen LogP contribution in [-0.4, -0.2) is 47.8 Å². The number of carbonyl (C=O) groups excluding carboxylic acids is 4. The molecule has 0 amide bonds. The average Bonchev–Trinajstić information content (AvgIpc) is 2.34. The maximum atomic E-state index is 11.3. The summed E-state index contributed by atoms with van der Waals surface area (Å²) in [6.45, 7) is 0. The van der Waals surface area contributed by atoms with Gasteiger partial charge in [0.05, 0.1) is 12.8 Å². The summed E-state index contributed by atoms with van der Waals surface area (Å²) in [6, 6.07) is 0. The Kier molecular flexibility index (Phi) is 11.4. The largest absolute Gasteiger partial charge is 0.450 e. The minimum atomic E-state index is -5.40. The molecule has 0 rings (SSSR count). The van der Waals surface area contributed by atoms with Crippen LogP contribution in [0.4, 0.5) is 52.7 Å². The van der Waals surface area contributed by atoms with Crippen molar-refractivity contribution >= 4 is 23.1 Å². The van der Waals surface area contributed by atoms with Crippen LogP contribution in [0.1, 0.15) is 12.8 Å². The number of hydrogen-bond donors (Lipinski definition) is 0. The first kappa shape index (κ1) is 30.2. The van der Waals surface area contributed by atoms with Crippen molar-refractivity contribution in [3.05, 3.63) is 0 Å². The molecule has 0 aliphatic carbocycles. The van der Waals surface area contributed by atoms with Gasteiger partial charge in [-0.05, 0) is 0 Å². The van der Waals surface area contributed by atoms with Gasteiger partial charge in [-0.25, -0.2) is 0 Å². The van der Waals surface area contributed by atoms with E-state index in [1.54, 1.807) is 0 Å². The Labute approximate surface area is 153 Å². The quantitative estimate of drug-likeness (QED) is 0.323. The Morgan fingerprint density at radius 3 is 0.593 bits per heavy atom.